The second-order valence-corrected chi connectivity index (χ2v) is 9.14. The predicted molar refractivity (Wildman–Crippen MR) is 122 cm³/mol. The van der Waals surface area contributed by atoms with Crippen molar-refractivity contribution < 1.29 is 9.18 Å². The number of rotatable bonds is 3. The molecule has 1 aromatic heterocycles. The first-order chi connectivity index (χ1) is 15.6. The number of nitrogens with zero attached hydrogens (tertiary/aromatic N) is 3. The van der Waals surface area contributed by atoms with Crippen LogP contribution in [0.25, 0.3) is 11.3 Å². The summed E-state index contributed by atoms with van der Waals surface area (Å²) in [4.78, 5) is 19.3. The fraction of sp³-hybridized carbons (Fsp3) is 0.360. The average Bonchev–Trinajstić information content (AvgIpc) is 3.36. The number of aromatic nitrogens is 2. The summed E-state index contributed by atoms with van der Waals surface area (Å²) in [5, 5.41) is 5.98. The van der Waals surface area contributed by atoms with Gasteiger partial charge in [-0.2, -0.15) is 0 Å². The van der Waals surface area contributed by atoms with Gasteiger partial charge in [0, 0.05) is 41.6 Å². The molecule has 1 saturated heterocycles. The highest BCUT2D eigenvalue weighted by Gasteiger charge is 2.54. The van der Waals surface area contributed by atoms with Gasteiger partial charge in [0.1, 0.15) is 5.82 Å². The number of imidazole rings is 1. The Labute approximate surface area is 186 Å². The van der Waals surface area contributed by atoms with Gasteiger partial charge in [0.2, 0.25) is 0 Å². The van der Waals surface area contributed by atoms with Crippen LogP contribution in [0.1, 0.15) is 37.7 Å². The third-order valence-corrected chi connectivity index (χ3v) is 7.20. The third kappa shape index (κ3) is 2.98. The summed E-state index contributed by atoms with van der Waals surface area (Å²) in [6.45, 7) is 2.19. The van der Waals surface area contributed by atoms with Crippen molar-refractivity contribution in [3.8, 4) is 11.3 Å². The number of hydrogen-bond donors (Lipinski definition) is 2. The first kappa shape index (κ1) is 19.3. The first-order valence-corrected chi connectivity index (χ1v) is 11.4. The zero-order valence-corrected chi connectivity index (χ0v) is 17.9. The molecule has 32 heavy (non-hydrogen) atoms. The lowest BCUT2D eigenvalue weighted by molar-refractivity contribution is 0.145. The molecule has 0 bridgehead atoms. The van der Waals surface area contributed by atoms with Crippen molar-refractivity contribution in [1.29, 1.82) is 0 Å². The Morgan fingerprint density at radius 1 is 1.06 bits per heavy atom. The van der Waals surface area contributed by atoms with Crippen LogP contribution in [0.3, 0.4) is 0 Å². The van der Waals surface area contributed by atoms with E-state index in [-0.39, 0.29) is 17.9 Å². The average molecular weight is 432 g/mol. The zero-order valence-electron chi connectivity index (χ0n) is 17.9. The standard InChI is InChI=1S/C25H26FN5O/c26-21-6-4-5-20-22-15-27-16-31(22)25(23(20)21)13-18(14-25)29-24(32)28-17-7-9-19(10-8-17)30-11-2-1-3-12-30/h4-10,15-16,18H,1-3,11-14H2,(H2,28,29,32). The van der Waals surface area contributed by atoms with Crippen molar-refractivity contribution in [2.75, 3.05) is 23.3 Å². The lowest BCUT2D eigenvalue weighted by atomic mass is 9.68. The highest BCUT2D eigenvalue weighted by atomic mass is 19.1. The number of piperidine rings is 1. The molecule has 7 heteroatoms. The first-order valence-electron chi connectivity index (χ1n) is 11.4. The Hall–Kier alpha value is -3.35. The minimum absolute atomic E-state index is 0.0246. The number of carbonyl (C=O) groups excluding carboxylic acids is 1. The van der Waals surface area contributed by atoms with E-state index >= 15 is 0 Å². The highest BCUT2D eigenvalue weighted by molar-refractivity contribution is 5.90. The summed E-state index contributed by atoms with van der Waals surface area (Å²) in [5.41, 5.74) is 4.08. The van der Waals surface area contributed by atoms with E-state index in [4.69, 9.17) is 0 Å². The monoisotopic (exact) mass is 431 g/mol. The highest BCUT2D eigenvalue weighted by Crippen LogP contribution is 2.54. The van der Waals surface area contributed by atoms with Crippen molar-refractivity contribution in [3.05, 3.63) is 66.4 Å². The molecule has 2 amide bonds. The summed E-state index contributed by atoms with van der Waals surface area (Å²) in [5.74, 6) is -0.192. The van der Waals surface area contributed by atoms with Crippen molar-refractivity contribution in [2.24, 2.45) is 0 Å². The lowest BCUT2D eigenvalue weighted by Gasteiger charge is -2.47. The van der Waals surface area contributed by atoms with Crippen LogP contribution in [0.15, 0.2) is 55.0 Å². The van der Waals surface area contributed by atoms with Crippen molar-refractivity contribution in [2.45, 2.75) is 43.7 Å². The van der Waals surface area contributed by atoms with E-state index in [1.807, 2.05) is 18.2 Å². The van der Waals surface area contributed by atoms with Crippen molar-refractivity contribution in [3.63, 3.8) is 0 Å². The van der Waals surface area contributed by atoms with Crippen LogP contribution in [-0.4, -0.2) is 34.7 Å². The zero-order chi connectivity index (χ0) is 21.7. The van der Waals surface area contributed by atoms with Crippen LogP contribution in [0, 0.1) is 5.82 Å². The maximum absolute atomic E-state index is 14.8. The van der Waals surface area contributed by atoms with E-state index in [2.05, 4.69) is 37.2 Å². The van der Waals surface area contributed by atoms with Gasteiger partial charge in [-0.15, -0.1) is 0 Å². The number of urea groups is 1. The number of halogens is 1. The van der Waals surface area contributed by atoms with Gasteiger partial charge in [-0.25, -0.2) is 14.2 Å². The molecule has 3 aromatic rings. The Morgan fingerprint density at radius 2 is 1.84 bits per heavy atom. The fourth-order valence-corrected chi connectivity index (χ4v) is 5.69. The molecule has 0 unspecified atom stereocenters. The van der Waals surface area contributed by atoms with Crippen LogP contribution in [-0.2, 0) is 5.54 Å². The molecule has 2 fully saturated rings. The molecule has 6 nitrogen and oxygen atoms in total. The van der Waals surface area contributed by atoms with Gasteiger partial charge in [0.05, 0.1) is 23.8 Å². The summed E-state index contributed by atoms with van der Waals surface area (Å²) >= 11 is 0. The van der Waals surface area contributed by atoms with Gasteiger partial charge in [0.15, 0.2) is 0 Å². The molecule has 1 spiro atoms. The van der Waals surface area contributed by atoms with Gasteiger partial charge < -0.3 is 20.1 Å². The van der Waals surface area contributed by atoms with E-state index in [1.54, 1.807) is 18.6 Å². The van der Waals surface area contributed by atoms with E-state index in [9.17, 15) is 9.18 Å². The number of hydrogen-bond acceptors (Lipinski definition) is 3. The van der Waals surface area contributed by atoms with Gasteiger partial charge in [-0.05, 0) is 62.4 Å². The van der Waals surface area contributed by atoms with Gasteiger partial charge in [-0.1, -0.05) is 12.1 Å². The molecule has 6 rings (SSSR count). The molecule has 2 aliphatic heterocycles. The molecule has 2 aromatic carbocycles. The quantitative estimate of drug-likeness (QED) is 0.631. The number of nitrogens with one attached hydrogen (secondary N) is 2. The Kier molecular flexibility index (Phi) is 4.45. The molecule has 2 N–H and O–H groups in total. The molecule has 3 aliphatic rings. The Balaban J connectivity index is 1.11. The summed E-state index contributed by atoms with van der Waals surface area (Å²) < 4.78 is 16.8. The maximum Gasteiger partial charge on any atom is 0.319 e. The van der Waals surface area contributed by atoms with E-state index in [0.29, 0.717) is 12.8 Å². The van der Waals surface area contributed by atoms with Crippen LogP contribution in [0.4, 0.5) is 20.6 Å². The van der Waals surface area contributed by atoms with Crippen LogP contribution in [0.2, 0.25) is 0 Å². The summed E-state index contributed by atoms with van der Waals surface area (Å²) in [6.07, 6.45) is 8.62. The smallest absolute Gasteiger partial charge is 0.319 e. The topological polar surface area (TPSA) is 62.2 Å². The largest absolute Gasteiger partial charge is 0.372 e. The molecule has 0 radical (unpaired) electrons. The lowest BCUT2D eigenvalue weighted by Crippen LogP contribution is -2.56. The maximum atomic E-state index is 14.8. The molecular weight excluding hydrogens is 405 g/mol. The minimum atomic E-state index is -0.458. The number of benzene rings is 2. The normalized spacial score (nSPS) is 23.4. The second-order valence-electron chi connectivity index (χ2n) is 9.14. The molecule has 1 aliphatic carbocycles. The molecule has 164 valence electrons. The number of amides is 2. The van der Waals surface area contributed by atoms with Crippen LogP contribution in [0.5, 0.6) is 0 Å². The van der Waals surface area contributed by atoms with Crippen LogP contribution < -0.4 is 15.5 Å². The molecule has 1 saturated carbocycles. The fourth-order valence-electron chi connectivity index (χ4n) is 5.69. The second kappa shape index (κ2) is 7.36. The van der Waals surface area contributed by atoms with E-state index in [0.717, 1.165) is 35.6 Å². The SMILES string of the molecule is O=C(Nc1ccc(N2CCCCC2)cc1)NC1CC2(C1)c1c(F)cccc1-c1cncn12. The van der Waals surface area contributed by atoms with Crippen molar-refractivity contribution >= 4 is 17.4 Å². The van der Waals surface area contributed by atoms with Gasteiger partial charge >= 0.3 is 6.03 Å². The van der Waals surface area contributed by atoms with Gasteiger partial charge in [0.25, 0.3) is 0 Å². The number of anilines is 2. The van der Waals surface area contributed by atoms with Crippen LogP contribution >= 0.6 is 0 Å². The number of fused-ring (bicyclic) bond motifs is 5. The minimum Gasteiger partial charge on any atom is -0.372 e. The summed E-state index contributed by atoms with van der Waals surface area (Å²) in [7, 11) is 0. The van der Waals surface area contributed by atoms with Gasteiger partial charge in [-0.3, -0.25) is 0 Å². The Morgan fingerprint density at radius 3 is 2.62 bits per heavy atom. The predicted octanol–water partition coefficient (Wildman–Crippen LogP) is 4.72. The molecule has 3 heterocycles. The summed E-state index contributed by atoms with van der Waals surface area (Å²) in [6, 6.07) is 13.0. The van der Waals surface area contributed by atoms with Crippen molar-refractivity contribution in [1.82, 2.24) is 14.9 Å². The number of carbonyl (C=O) groups is 1. The Bertz CT molecular complexity index is 1160. The van der Waals surface area contributed by atoms with E-state index < -0.39 is 5.54 Å². The third-order valence-electron chi connectivity index (χ3n) is 7.20. The molecule has 0 atom stereocenters. The van der Waals surface area contributed by atoms with E-state index in [1.165, 1.54) is 31.0 Å². The molecular formula is C25H26FN5O.